The Morgan fingerprint density at radius 1 is 0.943 bits per heavy atom. The molecule has 0 N–H and O–H groups in total. The molecular weight excluding hydrogens is 456 g/mol. The predicted molar refractivity (Wildman–Crippen MR) is 144 cm³/mol. The number of hydrogen-bond acceptors (Lipinski definition) is 5. The Labute approximate surface area is 209 Å². The molecule has 0 unspecified atom stereocenters. The third-order valence-corrected chi connectivity index (χ3v) is 8.59. The number of fused-ring (bicyclic) bond motifs is 1. The molecule has 1 aliphatic rings. The van der Waals surface area contributed by atoms with Crippen molar-refractivity contribution < 1.29 is 8.42 Å². The van der Waals surface area contributed by atoms with Gasteiger partial charge >= 0.3 is 0 Å². The molecule has 7 heteroatoms. The summed E-state index contributed by atoms with van der Waals surface area (Å²) >= 11 is 0. The van der Waals surface area contributed by atoms with Crippen LogP contribution in [0, 0.1) is 0 Å². The largest absolute Gasteiger partial charge is 0.302 e. The van der Waals surface area contributed by atoms with Crippen LogP contribution in [0.3, 0.4) is 0 Å². The number of nitrogens with zero attached hydrogens (tertiary/aromatic N) is 4. The Morgan fingerprint density at radius 3 is 2.54 bits per heavy atom. The highest BCUT2D eigenvalue weighted by atomic mass is 32.2. The van der Waals surface area contributed by atoms with Gasteiger partial charge in [-0.2, -0.15) is 4.31 Å². The van der Waals surface area contributed by atoms with E-state index in [1.54, 1.807) is 34.9 Å². The molecule has 35 heavy (non-hydrogen) atoms. The van der Waals surface area contributed by atoms with Crippen LogP contribution in [0.25, 0.3) is 16.8 Å². The summed E-state index contributed by atoms with van der Waals surface area (Å²) < 4.78 is 29.4. The van der Waals surface area contributed by atoms with Gasteiger partial charge in [-0.25, -0.2) is 8.42 Å². The van der Waals surface area contributed by atoms with Crippen molar-refractivity contribution in [3.05, 3.63) is 78.6 Å². The molecule has 1 fully saturated rings. The lowest BCUT2D eigenvalue weighted by Gasteiger charge is -2.30. The molecule has 186 valence electrons. The van der Waals surface area contributed by atoms with Crippen molar-refractivity contribution in [3.8, 4) is 0 Å². The van der Waals surface area contributed by atoms with Crippen molar-refractivity contribution in [1.82, 2.24) is 19.1 Å². The average Bonchev–Trinajstić information content (AvgIpc) is 2.89. The van der Waals surface area contributed by atoms with Crippen LogP contribution in [0.5, 0.6) is 0 Å². The molecule has 3 aromatic rings. The topological polar surface area (TPSA) is 56.8 Å². The molecule has 1 saturated heterocycles. The number of benzene rings is 2. The summed E-state index contributed by atoms with van der Waals surface area (Å²) in [5.74, 6) is 0. The molecule has 0 atom stereocenters. The molecule has 0 amide bonds. The lowest BCUT2D eigenvalue weighted by Crippen LogP contribution is -2.43. The first-order valence-electron chi connectivity index (χ1n) is 12.5. The first kappa shape index (κ1) is 25.5. The molecule has 2 heterocycles. The van der Waals surface area contributed by atoms with Crippen LogP contribution in [-0.2, 0) is 10.0 Å². The number of piperidine rings is 1. The zero-order chi connectivity index (χ0) is 24.5. The number of aromatic nitrogens is 1. The van der Waals surface area contributed by atoms with Crippen LogP contribution in [0.15, 0.2) is 78.0 Å². The number of rotatable bonds is 11. The Hall–Kier alpha value is -2.58. The molecule has 0 bridgehead atoms. The Morgan fingerprint density at radius 2 is 1.74 bits per heavy atom. The van der Waals surface area contributed by atoms with Crippen molar-refractivity contribution in [1.29, 1.82) is 0 Å². The highest BCUT2D eigenvalue weighted by Gasteiger charge is 2.27. The summed E-state index contributed by atoms with van der Waals surface area (Å²) in [4.78, 5) is 9.08. The number of pyridine rings is 1. The second-order valence-electron chi connectivity index (χ2n) is 9.23. The number of sulfonamides is 1. The lowest BCUT2D eigenvalue weighted by atomic mass is 10.1. The van der Waals surface area contributed by atoms with Crippen molar-refractivity contribution in [2.45, 2.75) is 24.2 Å². The minimum Gasteiger partial charge on any atom is -0.302 e. The lowest BCUT2D eigenvalue weighted by molar-refractivity contribution is 0.208. The number of likely N-dealkylation sites (N-methyl/N-ethyl adjacent to an activating group) is 1. The maximum Gasteiger partial charge on any atom is 0.243 e. The van der Waals surface area contributed by atoms with Gasteiger partial charge in [0.15, 0.2) is 0 Å². The van der Waals surface area contributed by atoms with Gasteiger partial charge in [0.25, 0.3) is 0 Å². The molecule has 0 aliphatic carbocycles. The fraction of sp³-hybridized carbons (Fsp3) is 0.393. The molecule has 0 spiro atoms. The van der Waals surface area contributed by atoms with Gasteiger partial charge in [-0.3, -0.25) is 4.98 Å². The van der Waals surface area contributed by atoms with Gasteiger partial charge in [-0.1, -0.05) is 61.0 Å². The fourth-order valence-electron chi connectivity index (χ4n) is 4.55. The van der Waals surface area contributed by atoms with Gasteiger partial charge in [-0.15, -0.1) is 0 Å². The summed E-state index contributed by atoms with van der Waals surface area (Å²) in [7, 11) is -1.62. The van der Waals surface area contributed by atoms with E-state index in [0.717, 1.165) is 42.5 Å². The Kier molecular flexibility index (Phi) is 9.04. The summed E-state index contributed by atoms with van der Waals surface area (Å²) in [6.45, 7) is 5.24. The van der Waals surface area contributed by atoms with E-state index in [0.29, 0.717) is 24.5 Å². The minimum atomic E-state index is -3.65. The van der Waals surface area contributed by atoms with Gasteiger partial charge in [0, 0.05) is 55.9 Å². The molecule has 0 saturated carbocycles. The van der Waals surface area contributed by atoms with Gasteiger partial charge in [-0.05, 0) is 50.7 Å². The SMILES string of the molecule is CN(C/C=C/c1ccccc1)CCN(CCN1CCCCC1)S(=O)(=O)c1cccc2cnccc12. The standard InChI is InChI=1S/C28H36N4O2S/c1-30(17-9-12-25-10-4-2-5-11-25)20-22-32(23-21-31-18-6-3-7-19-31)35(33,34)28-14-8-13-26-24-29-16-15-27(26)28/h2,4-5,8-16,24H,3,6-7,17-23H2,1H3/b12-9+. The Bertz CT molecular complexity index is 1200. The maximum atomic E-state index is 13.9. The Balaban J connectivity index is 1.47. The van der Waals surface area contributed by atoms with Gasteiger partial charge < -0.3 is 9.80 Å². The molecular formula is C28H36N4O2S. The maximum absolute atomic E-state index is 13.9. The summed E-state index contributed by atoms with van der Waals surface area (Å²) in [5, 5.41) is 1.57. The molecule has 2 aromatic carbocycles. The van der Waals surface area contributed by atoms with E-state index < -0.39 is 10.0 Å². The zero-order valence-electron chi connectivity index (χ0n) is 20.6. The molecule has 1 aromatic heterocycles. The molecule has 1 aliphatic heterocycles. The van der Waals surface area contributed by atoms with E-state index in [9.17, 15) is 8.42 Å². The molecule has 4 rings (SSSR count). The van der Waals surface area contributed by atoms with Crippen LogP contribution in [0.2, 0.25) is 0 Å². The van der Waals surface area contributed by atoms with Crippen molar-refractivity contribution in [2.24, 2.45) is 0 Å². The monoisotopic (exact) mass is 492 g/mol. The van der Waals surface area contributed by atoms with E-state index in [2.05, 4.69) is 39.1 Å². The van der Waals surface area contributed by atoms with E-state index in [1.165, 1.54) is 19.3 Å². The van der Waals surface area contributed by atoms with Gasteiger partial charge in [0.05, 0.1) is 4.90 Å². The van der Waals surface area contributed by atoms with Crippen LogP contribution >= 0.6 is 0 Å². The van der Waals surface area contributed by atoms with Crippen molar-refractivity contribution in [2.75, 3.05) is 52.9 Å². The molecule has 0 radical (unpaired) electrons. The van der Waals surface area contributed by atoms with E-state index in [1.807, 2.05) is 31.3 Å². The smallest absolute Gasteiger partial charge is 0.243 e. The van der Waals surface area contributed by atoms with Crippen LogP contribution in [0.1, 0.15) is 24.8 Å². The molecule has 6 nitrogen and oxygen atoms in total. The second-order valence-corrected chi connectivity index (χ2v) is 11.1. The summed E-state index contributed by atoms with van der Waals surface area (Å²) in [6, 6.07) is 17.4. The third-order valence-electron chi connectivity index (χ3n) is 6.63. The third kappa shape index (κ3) is 6.98. The highest BCUT2D eigenvalue weighted by molar-refractivity contribution is 7.89. The normalized spacial score (nSPS) is 15.5. The highest BCUT2D eigenvalue weighted by Crippen LogP contribution is 2.25. The van der Waals surface area contributed by atoms with Crippen molar-refractivity contribution in [3.63, 3.8) is 0 Å². The van der Waals surface area contributed by atoms with Gasteiger partial charge in [0.1, 0.15) is 0 Å². The van der Waals surface area contributed by atoms with E-state index in [-0.39, 0.29) is 0 Å². The minimum absolute atomic E-state index is 0.364. The summed E-state index contributed by atoms with van der Waals surface area (Å²) in [5.41, 5.74) is 1.16. The fourth-order valence-corrected chi connectivity index (χ4v) is 6.19. The quantitative estimate of drug-likeness (QED) is 0.398. The first-order chi connectivity index (χ1) is 17.0. The van der Waals surface area contributed by atoms with Crippen molar-refractivity contribution >= 4 is 26.9 Å². The van der Waals surface area contributed by atoms with Crippen LogP contribution < -0.4 is 0 Å². The van der Waals surface area contributed by atoms with Gasteiger partial charge in [0.2, 0.25) is 10.0 Å². The predicted octanol–water partition coefficient (Wildman–Crippen LogP) is 4.36. The van der Waals surface area contributed by atoms with E-state index >= 15 is 0 Å². The summed E-state index contributed by atoms with van der Waals surface area (Å²) in [6.07, 6.45) is 11.3. The van der Waals surface area contributed by atoms with Crippen LogP contribution in [0.4, 0.5) is 0 Å². The second kappa shape index (κ2) is 12.4. The zero-order valence-corrected chi connectivity index (χ0v) is 21.4. The number of likely N-dealkylation sites (tertiary alicyclic amines) is 1. The van der Waals surface area contributed by atoms with Crippen LogP contribution in [-0.4, -0.2) is 80.4 Å². The first-order valence-corrected chi connectivity index (χ1v) is 13.9. The van der Waals surface area contributed by atoms with E-state index in [4.69, 9.17) is 0 Å². The average molecular weight is 493 g/mol. The number of hydrogen-bond donors (Lipinski definition) is 0.